The monoisotopic (exact) mass is 261 g/mol. The topological polar surface area (TPSA) is 54.0 Å². The minimum atomic E-state index is 0.0884. The number of carbonyl (C=O) groups is 1. The molecule has 19 heavy (non-hydrogen) atoms. The maximum absolute atomic E-state index is 12.0. The van der Waals surface area contributed by atoms with E-state index in [2.05, 4.69) is 22.5 Å². The fourth-order valence-corrected chi connectivity index (χ4v) is 2.66. The van der Waals surface area contributed by atoms with Gasteiger partial charge in [0, 0.05) is 12.6 Å². The van der Waals surface area contributed by atoms with Gasteiger partial charge in [0.25, 0.3) is 0 Å². The van der Waals surface area contributed by atoms with Crippen molar-refractivity contribution < 1.29 is 4.79 Å². The molecule has 2 heterocycles. The van der Waals surface area contributed by atoms with Gasteiger partial charge in [-0.2, -0.15) is 0 Å². The van der Waals surface area contributed by atoms with Gasteiger partial charge in [-0.05, 0) is 56.3 Å². The van der Waals surface area contributed by atoms with Gasteiger partial charge >= 0.3 is 0 Å². The lowest BCUT2D eigenvalue weighted by molar-refractivity contribution is -0.117. The van der Waals surface area contributed by atoms with Crippen molar-refractivity contribution in [3.8, 4) is 0 Å². The largest absolute Gasteiger partial charge is 0.325 e. The number of pyridine rings is 1. The maximum Gasteiger partial charge on any atom is 0.224 e. The third kappa shape index (κ3) is 4.31. The van der Waals surface area contributed by atoms with E-state index < -0.39 is 0 Å². The Morgan fingerprint density at radius 1 is 1.58 bits per heavy atom. The average Bonchev–Trinajstić information content (AvgIpc) is 2.39. The third-order valence-corrected chi connectivity index (χ3v) is 3.81. The molecule has 2 rings (SSSR count). The normalized spacial score (nSPS) is 20.8. The molecule has 4 heteroatoms. The molecular weight excluding hydrogens is 238 g/mol. The van der Waals surface area contributed by atoms with Gasteiger partial charge in [0.05, 0.1) is 11.9 Å². The van der Waals surface area contributed by atoms with Crippen LogP contribution in [0.4, 0.5) is 5.69 Å². The number of piperidine rings is 1. The van der Waals surface area contributed by atoms with E-state index in [1.807, 2.05) is 13.0 Å². The van der Waals surface area contributed by atoms with Gasteiger partial charge < -0.3 is 10.6 Å². The van der Waals surface area contributed by atoms with Gasteiger partial charge in [-0.1, -0.05) is 6.92 Å². The van der Waals surface area contributed by atoms with E-state index >= 15 is 0 Å². The Morgan fingerprint density at radius 2 is 2.42 bits per heavy atom. The molecule has 2 N–H and O–H groups in total. The van der Waals surface area contributed by atoms with Crippen LogP contribution in [0.1, 0.15) is 31.7 Å². The Balaban J connectivity index is 1.83. The van der Waals surface area contributed by atoms with E-state index in [0.717, 1.165) is 24.3 Å². The van der Waals surface area contributed by atoms with Gasteiger partial charge in [0.2, 0.25) is 5.91 Å². The Labute approximate surface area is 115 Å². The van der Waals surface area contributed by atoms with Crippen molar-refractivity contribution >= 4 is 11.6 Å². The van der Waals surface area contributed by atoms with Gasteiger partial charge in [0.15, 0.2) is 0 Å². The number of hydrogen-bond acceptors (Lipinski definition) is 3. The molecule has 0 radical (unpaired) electrons. The number of nitrogens with one attached hydrogen (secondary N) is 2. The molecule has 2 atom stereocenters. The van der Waals surface area contributed by atoms with Gasteiger partial charge in [-0.3, -0.25) is 9.78 Å². The predicted molar refractivity (Wildman–Crippen MR) is 77.0 cm³/mol. The van der Waals surface area contributed by atoms with E-state index in [9.17, 15) is 4.79 Å². The van der Waals surface area contributed by atoms with Crippen LogP contribution in [-0.2, 0) is 4.79 Å². The molecular formula is C15H23N3O. The number of hydrogen-bond donors (Lipinski definition) is 2. The van der Waals surface area contributed by atoms with Crippen LogP contribution in [0.3, 0.4) is 0 Å². The average molecular weight is 261 g/mol. The first-order valence-corrected chi connectivity index (χ1v) is 7.07. The second kappa shape index (κ2) is 6.66. The molecule has 1 saturated heterocycles. The Bertz CT molecular complexity index is 427. The third-order valence-electron chi connectivity index (χ3n) is 3.81. The molecule has 0 bridgehead atoms. The fourth-order valence-electron chi connectivity index (χ4n) is 2.66. The molecule has 1 aromatic rings. The maximum atomic E-state index is 12.0. The molecule has 0 aliphatic carbocycles. The highest BCUT2D eigenvalue weighted by atomic mass is 16.1. The van der Waals surface area contributed by atoms with Gasteiger partial charge in [0.1, 0.15) is 0 Å². The zero-order chi connectivity index (χ0) is 13.7. The summed E-state index contributed by atoms with van der Waals surface area (Å²) in [4.78, 5) is 16.1. The number of anilines is 1. The Kier molecular flexibility index (Phi) is 4.91. The molecule has 0 saturated carbocycles. The lowest BCUT2D eigenvalue weighted by atomic mass is 9.85. The molecule has 0 aromatic carbocycles. The van der Waals surface area contributed by atoms with Crippen molar-refractivity contribution in [2.24, 2.45) is 11.8 Å². The first-order valence-electron chi connectivity index (χ1n) is 7.07. The zero-order valence-corrected chi connectivity index (χ0v) is 11.8. The molecule has 2 unspecified atom stereocenters. The van der Waals surface area contributed by atoms with E-state index in [1.165, 1.54) is 12.8 Å². The zero-order valence-electron chi connectivity index (χ0n) is 11.8. The van der Waals surface area contributed by atoms with E-state index in [0.29, 0.717) is 18.3 Å². The lowest BCUT2D eigenvalue weighted by Gasteiger charge is -2.28. The summed E-state index contributed by atoms with van der Waals surface area (Å²) in [6.45, 7) is 6.30. The number of carbonyl (C=O) groups excluding carboxylic acids is 1. The summed E-state index contributed by atoms with van der Waals surface area (Å²) in [6, 6.07) is 1.94. The highest BCUT2D eigenvalue weighted by molar-refractivity contribution is 5.90. The van der Waals surface area contributed by atoms with Crippen molar-refractivity contribution in [2.75, 3.05) is 18.4 Å². The van der Waals surface area contributed by atoms with Crippen LogP contribution in [0.15, 0.2) is 18.5 Å². The van der Waals surface area contributed by atoms with Crippen LogP contribution in [0.5, 0.6) is 0 Å². The second-order valence-electron chi connectivity index (χ2n) is 5.59. The Hall–Kier alpha value is -1.42. The number of nitrogens with zero attached hydrogens (tertiary/aromatic N) is 1. The first-order chi connectivity index (χ1) is 9.15. The van der Waals surface area contributed by atoms with Crippen LogP contribution in [0.25, 0.3) is 0 Å². The summed E-state index contributed by atoms with van der Waals surface area (Å²) in [6.07, 6.45) is 6.51. The first kappa shape index (κ1) is 14.0. The Morgan fingerprint density at radius 3 is 3.11 bits per heavy atom. The molecule has 1 aliphatic rings. The van der Waals surface area contributed by atoms with Crippen LogP contribution in [0, 0.1) is 18.8 Å². The second-order valence-corrected chi connectivity index (χ2v) is 5.59. The highest BCUT2D eigenvalue weighted by Crippen LogP contribution is 2.23. The summed E-state index contributed by atoms with van der Waals surface area (Å²) in [5.41, 5.74) is 1.85. The molecule has 1 aliphatic heterocycles. The number of aromatic nitrogens is 1. The summed E-state index contributed by atoms with van der Waals surface area (Å²) >= 11 is 0. The quantitative estimate of drug-likeness (QED) is 0.874. The standard InChI is InChI=1S/C15H23N3O/c1-11-6-14(10-17-8-11)18-15(19)7-12(2)13-4-3-5-16-9-13/h6,8,10,12-13,16H,3-5,7,9H2,1-2H3,(H,18,19). The number of aryl methyl sites for hydroxylation is 1. The molecule has 1 aromatic heterocycles. The summed E-state index contributed by atoms with van der Waals surface area (Å²) in [5, 5.41) is 6.34. The minimum absolute atomic E-state index is 0.0884. The summed E-state index contributed by atoms with van der Waals surface area (Å²) in [7, 11) is 0. The highest BCUT2D eigenvalue weighted by Gasteiger charge is 2.21. The molecule has 0 spiro atoms. The fraction of sp³-hybridized carbons (Fsp3) is 0.600. The van der Waals surface area contributed by atoms with Crippen LogP contribution in [0.2, 0.25) is 0 Å². The summed E-state index contributed by atoms with van der Waals surface area (Å²) < 4.78 is 0. The van der Waals surface area contributed by atoms with Crippen molar-refractivity contribution in [1.29, 1.82) is 0 Å². The van der Waals surface area contributed by atoms with Crippen LogP contribution in [-0.4, -0.2) is 24.0 Å². The van der Waals surface area contributed by atoms with E-state index in [4.69, 9.17) is 0 Å². The minimum Gasteiger partial charge on any atom is -0.325 e. The lowest BCUT2D eigenvalue weighted by Crippen LogP contribution is -2.34. The van der Waals surface area contributed by atoms with Gasteiger partial charge in [-0.25, -0.2) is 0 Å². The van der Waals surface area contributed by atoms with Crippen LogP contribution >= 0.6 is 0 Å². The van der Waals surface area contributed by atoms with Crippen LogP contribution < -0.4 is 10.6 Å². The molecule has 104 valence electrons. The number of amides is 1. The van der Waals surface area contributed by atoms with Crippen molar-refractivity contribution in [1.82, 2.24) is 10.3 Å². The molecule has 1 amide bonds. The van der Waals surface area contributed by atoms with E-state index in [1.54, 1.807) is 12.4 Å². The van der Waals surface area contributed by atoms with E-state index in [-0.39, 0.29) is 5.91 Å². The molecule has 1 fully saturated rings. The smallest absolute Gasteiger partial charge is 0.224 e. The molecule has 4 nitrogen and oxygen atoms in total. The van der Waals surface area contributed by atoms with Crippen molar-refractivity contribution in [3.63, 3.8) is 0 Å². The van der Waals surface area contributed by atoms with Crippen molar-refractivity contribution in [3.05, 3.63) is 24.0 Å². The SMILES string of the molecule is Cc1cncc(NC(=O)CC(C)C2CCCNC2)c1. The summed E-state index contributed by atoms with van der Waals surface area (Å²) in [5.74, 6) is 1.13. The van der Waals surface area contributed by atoms with Crippen molar-refractivity contribution in [2.45, 2.75) is 33.1 Å². The van der Waals surface area contributed by atoms with Gasteiger partial charge in [-0.15, -0.1) is 0 Å². The number of rotatable bonds is 4. The predicted octanol–water partition coefficient (Wildman–Crippen LogP) is 2.35.